The minimum absolute atomic E-state index is 0.232. The summed E-state index contributed by atoms with van der Waals surface area (Å²) in [6.07, 6.45) is 0. The molecule has 0 bridgehead atoms. The van der Waals surface area contributed by atoms with E-state index >= 15 is 0 Å². The van der Waals surface area contributed by atoms with E-state index in [0.29, 0.717) is 27.7 Å². The molecule has 0 spiro atoms. The summed E-state index contributed by atoms with van der Waals surface area (Å²) in [5.74, 6) is 1.17. The van der Waals surface area contributed by atoms with Crippen molar-refractivity contribution >= 4 is 11.8 Å². The molecular formula is C21H16N6OS. The first-order valence-electron chi connectivity index (χ1n) is 8.84. The molecule has 0 aliphatic carbocycles. The summed E-state index contributed by atoms with van der Waals surface area (Å²) in [6, 6.07) is 19.3. The SMILES string of the molecule is Cc1cccc(-c2cc(=O)[nH]c(SCc3cccc(-c4nnn[nH]4)c3)c2C#N)c1. The summed E-state index contributed by atoms with van der Waals surface area (Å²) in [5, 5.41) is 24.2. The monoisotopic (exact) mass is 400 g/mol. The number of H-pyrrole nitrogens is 2. The van der Waals surface area contributed by atoms with E-state index in [1.807, 2.05) is 55.5 Å². The minimum atomic E-state index is -0.232. The summed E-state index contributed by atoms with van der Waals surface area (Å²) in [4.78, 5) is 15.1. The molecule has 0 amide bonds. The van der Waals surface area contributed by atoms with Crippen molar-refractivity contribution < 1.29 is 0 Å². The van der Waals surface area contributed by atoms with Crippen LogP contribution in [0.2, 0.25) is 0 Å². The van der Waals surface area contributed by atoms with Crippen molar-refractivity contribution in [2.75, 3.05) is 0 Å². The minimum Gasteiger partial charge on any atom is -0.316 e. The lowest BCUT2D eigenvalue weighted by Gasteiger charge is -2.10. The van der Waals surface area contributed by atoms with Crippen LogP contribution in [0.25, 0.3) is 22.5 Å². The molecule has 0 aliphatic rings. The fraction of sp³-hybridized carbons (Fsp3) is 0.0952. The summed E-state index contributed by atoms with van der Waals surface area (Å²) in [5.41, 5.74) is 4.70. The standard InChI is InChI=1S/C21H16N6OS/c1-13-4-2-6-15(8-13)17-10-19(28)23-21(18(17)11-22)29-12-14-5-3-7-16(9-14)20-24-26-27-25-20/h2-10H,12H2,1H3,(H,23,28)(H,24,25,26,27). The van der Waals surface area contributed by atoms with Crippen LogP contribution in [0, 0.1) is 18.3 Å². The van der Waals surface area contributed by atoms with Gasteiger partial charge in [-0.3, -0.25) is 4.79 Å². The molecular weight excluding hydrogens is 384 g/mol. The number of benzene rings is 2. The fourth-order valence-corrected chi connectivity index (χ4v) is 4.00. The van der Waals surface area contributed by atoms with Crippen molar-refractivity contribution in [3.63, 3.8) is 0 Å². The number of nitrogens with one attached hydrogen (secondary N) is 2. The van der Waals surface area contributed by atoms with Crippen molar-refractivity contribution in [3.8, 4) is 28.6 Å². The number of rotatable bonds is 5. The number of aromatic amines is 2. The second-order valence-corrected chi connectivity index (χ2v) is 7.46. The van der Waals surface area contributed by atoms with Crippen molar-refractivity contribution in [1.82, 2.24) is 25.6 Å². The van der Waals surface area contributed by atoms with Crippen molar-refractivity contribution in [3.05, 3.63) is 81.6 Å². The van der Waals surface area contributed by atoms with E-state index in [9.17, 15) is 10.1 Å². The predicted octanol–water partition coefficient (Wildman–Crippen LogP) is 3.69. The van der Waals surface area contributed by atoms with E-state index < -0.39 is 0 Å². The van der Waals surface area contributed by atoms with Crippen LogP contribution in [-0.4, -0.2) is 25.6 Å². The third kappa shape index (κ3) is 4.10. The second-order valence-electron chi connectivity index (χ2n) is 6.47. The lowest BCUT2D eigenvalue weighted by molar-refractivity contribution is 0.881. The molecule has 0 fully saturated rings. The van der Waals surface area contributed by atoms with Gasteiger partial charge in [-0.1, -0.05) is 48.0 Å². The fourth-order valence-electron chi connectivity index (χ4n) is 3.04. The molecule has 2 aromatic heterocycles. The zero-order valence-corrected chi connectivity index (χ0v) is 16.3. The van der Waals surface area contributed by atoms with Gasteiger partial charge in [-0.25, -0.2) is 5.10 Å². The number of tetrazole rings is 1. The van der Waals surface area contributed by atoms with Gasteiger partial charge in [0.15, 0.2) is 5.82 Å². The third-order valence-corrected chi connectivity index (χ3v) is 5.45. The first-order chi connectivity index (χ1) is 14.1. The maximum absolute atomic E-state index is 12.3. The Morgan fingerprint density at radius 2 is 1.93 bits per heavy atom. The van der Waals surface area contributed by atoms with E-state index in [1.165, 1.54) is 17.8 Å². The molecule has 2 aromatic carbocycles. The largest absolute Gasteiger partial charge is 0.316 e. The Balaban J connectivity index is 1.65. The maximum atomic E-state index is 12.3. The Labute approximate surface area is 170 Å². The summed E-state index contributed by atoms with van der Waals surface area (Å²) in [7, 11) is 0. The molecule has 2 heterocycles. The van der Waals surface area contributed by atoms with Gasteiger partial charge in [0, 0.05) is 22.9 Å². The van der Waals surface area contributed by atoms with E-state index in [2.05, 4.69) is 31.7 Å². The van der Waals surface area contributed by atoms with E-state index in [-0.39, 0.29) is 5.56 Å². The lowest BCUT2D eigenvalue weighted by atomic mass is 10.0. The number of thioether (sulfide) groups is 1. The van der Waals surface area contributed by atoms with Crippen LogP contribution in [0.3, 0.4) is 0 Å². The van der Waals surface area contributed by atoms with Gasteiger partial charge in [0.1, 0.15) is 6.07 Å². The molecule has 29 heavy (non-hydrogen) atoms. The average Bonchev–Trinajstić information content (AvgIpc) is 3.27. The predicted molar refractivity (Wildman–Crippen MR) is 111 cm³/mol. The van der Waals surface area contributed by atoms with Crippen LogP contribution in [0.4, 0.5) is 0 Å². The molecule has 0 radical (unpaired) electrons. The molecule has 4 rings (SSSR count). The van der Waals surface area contributed by atoms with E-state index in [0.717, 1.165) is 22.3 Å². The third-order valence-electron chi connectivity index (χ3n) is 4.38. The number of aryl methyl sites for hydroxylation is 1. The van der Waals surface area contributed by atoms with Crippen LogP contribution >= 0.6 is 11.8 Å². The van der Waals surface area contributed by atoms with Gasteiger partial charge in [-0.2, -0.15) is 5.26 Å². The van der Waals surface area contributed by atoms with Gasteiger partial charge in [-0.05, 0) is 34.5 Å². The number of nitrogens with zero attached hydrogens (tertiary/aromatic N) is 4. The lowest BCUT2D eigenvalue weighted by Crippen LogP contribution is -2.08. The Bertz CT molecular complexity index is 1260. The highest BCUT2D eigenvalue weighted by Gasteiger charge is 2.14. The number of pyridine rings is 1. The highest BCUT2D eigenvalue weighted by Crippen LogP contribution is 2.31. The van der Waals surface area contributed by atoms with Crippen LogP contribution in [0.15, 0.2) is 64.4 Å². The van der Waals surface area contributed by atoms with Crippen LogP contribution in [0.5, 0.6) is 0 Å². The number of hydrogen-bond acceptors (Lipinski definition) is 6. The summed E-state index contributed by atoms with van der Waals surface area (Å²) in [6.45, 7) is 1.98. The van der Waals surface area contributed by atoms with Gasteiger partial charge in [0.2, 0.25) is 5.56 Å². The van der Waals surface area contributed by atoms with Gasteiger partial charge in [0.05, 0.1) is 10.6 Å². The molecule has 8 heteroatoms. The zero-order chi connectivity index (χ0) is 20.2. The number of nitriles is 1. The molecule has 0 unspecified atom stereocenters. The van der Waals surface area contributed by atoms with Crippen LogP contribution in [0.1, 0.15) is 16.7 Å². The van der Waals surface area contributed by atoms with Gasteiger partial charge in [0.25, 0.3) is 0 Å². The first kappa shape index (κ1) is 18.7. The molecule has 142 valence electrons. The van der Waals surface area contributed by atoms with Gasteiger partial charge < -0.3 is 4.98 Å². The van der Waals surface area contributed by atoms with E-state index in [1.54, 1.807) is 0 Å². The number of hydrogen-bond donors (Lipinski definition) is 2. The molecule has 0 aliphatic heterocycles. The first-order valence-corrected chi connectivity index (χ1v) is 9.83. The van der Waals surface area contributed by atoms with Gasteiger partial charge >= 0.3 is 0 Å². The number of aromatic nitrogens is 5. The molecule has 2 N–H and O–H groups in total. The Hall–Kier alpha value is -3.70. The molecule has 4 aromatic rings. The molecule has 0 saturated heterocycles. The highest BCUT2D eigenvalue weighted by atomic mass is 32.2. The average molecular weight is 400 g/mol. The quantitative estimate of drug-likeness (QED) is 0.494. The summed E-state index contributed by atoms with van der Waals surface area (Å²) < 4.78 is 0. The van der Waals surface area contributed by atoms with Crippen molar-refractivity contribution in [1.29, 1.82) is 5.26 Å². The van der Waals surface area contributed by atoms with Gasteiger partial charge in [-0.15, -0.1) is 16.9 Å². The molecule has 7 nitrogen and oxygen atoms in total. The zero-order valence-electron chi connectivity index (χ0n) is 15.5. The van der Waals surface area contributed by atoms with Crippen LogP contribution < -0.4 is 5.56 Å². The normalized spacial score (nSPS) is 10.6. The topological polar surface area (TPSA) is 111 Å². The smallest absolute Gasteiger partial charge is 0.249 e. The molecule has 0 atom stereocenters. The Kier molecular flexibility index (Phi) is 5.22. The van der Waals surface area contributed by atoms with E-state index in [4.69, 9.17) is 0 Å². The Morgan fingerprint density at radius 3 is 2.69 bits per heavy atom. The second kappa shape index (κ2) is 8.12. The van der Waals surface area contributed by atoms with Crippen LogP contribution in [-0.2, 0) is 5.75 Å². The maximum Gasteiger partial charge on any atom is 0.249 e. The van der Waals surface area contributed by atoms with Crippen molar-refractivity contribution in [2.45, 2.75) is 17.7 Å². The van der Waals surface area contributed by atoms with Crippen molar-refractivity contribution in [2.24, 2.45) is 0 Å². The Morgan fingerprint density at radius 1 is 1.10 bits per heavy atom. The molecule has 0 saturated carbocycles. The summed E-state index contributed by atoms with van der Waals surface area (Å²) >= 11 is 1.42. The highest BCUT2D eigenvalue weighted by molar-refractivity contribution is 7.98.